The van der Waals surface area contributed by atoms with Crippen molar-refractivity contribution in [3.05, 3.63) is 72.9 Å². The van der Waals surface area contributed by atoms with Crippen molar-refractivity contribution in [3.8, 4) is 0 Å². The number of phosphoric ester groups is 1. The van der Waals surface area contributed by atoms with E-state index in [1.54, 1.807) is 6.08 Å². The molecule has 1 amide bonds. The Morgan fingerprint density at radius 2 is 1.22 bits per heavy atom. The van der Waals surface area contributed by atoms with Crippen molar-refractivity contribution in [1.82, 2.24) is 5.32 Å². The monoisotopic (exact) mass is 721 g/mol. The molecule has 9 heteroatoms. The number of unbranched alkanes of at least 4 members (excludes halogenated alkanes) is 10. The van der Waals surface area contributed by atoms with Gasteiger partial charge in [-0.1, -0.05) is 138 Å². The van der Waals surface area contributed by atoms with Crippen molar-refractivity contribution >= 4 is 13.7 Å². The lowest BCUT2D eigenvalue weighted by molar-refractivity contribution is -0.870. The number of carbonyl (C=O) groups is 1. The summed E-state index contributed by atoms with van der Waals surface area (Å²) in [5.74, 6) is -0.222. The Morgan fingerprint density at radius 3 is 1.74 bits per heavy atom. The molecule has 0 spiro atoms. The maximum Gasteiger partial charge on any atom is 0.268 e. The van der Waals surface area contributed by atoms with Crippen LogP contribution in [0.4, 0.5) is 0 Å². The maximum atomic E-state index is 12.6. The standard InChI is InChI=1S/C41H73N2O6P/c1-6-8-10-11-12-13-14-15-16-17-18-19-20-21-22-23-24-25-26-27-28-29-30-31-33-35-41(45)42-39(40(44)34-32-9-7-2)38-49-50(46,47)48-37-36-43(3,4)5/h8,10,12-13,15-16,18-19,21-22,32,34,39-40,44H,6-7,9,11,14,17,20,23-31,33,35-38H2,1-5H3,(H-,42,45,46,47)/b10-8-,13-12-,16-15-,19-18-,22-21-,34-32+. The Labute approximate surface area is 306 Å². The molecule has 0 aliphatic heterocycles. The zero-order chi connectivity index (χ0) is 37.2. The van der Waals surface area contributed by atoms with Crippen molar-refractivity contribution in [1.29, 1.82) is 0 Å². The number of aliphatic hydroxyl groups excluding tert-OH is 1. The average Bonchev–Trinajstić information content (AvgIpc) is 3.06. The third-order valence-corrected chi connectivity index (χ3v) is 8.87. The highest BCUT2D eigenvalue weighted by Crippen LogP contribution is 2.38. The van der Waals surface area contributed by atoms with E-state index < -0.39 is 26.6 Å². The SMILES string of the molecule is CC/C=C\C/C=C\C/C=C\C/C=C\C/C=C\CCCCCCCCCCCC(=O)NC(COP(=O)([O-])OCC[N+](C)(C)C)C(O)/C=C/CCC. The summed E-state index contributed by atoms with van der Waals surface area (Å²) in [5.41, 5.74) is 0. The number of allylic oxidation sites excluding steroid dienone is 11. The van der Waals surface area contributed by atoms with Crippen molar-refractivity contribution in [2.75, 3.05) is 40.9 Å². The zero-order valence-corrected chi connectivity index (χ0v) is 33.2. The van der Waals surface area contributed by atoms with E-state index in [1.807, 2.05) is 34.1 Å². The summed E-state index contributed by atoms with van der Waals surface area (Å²) < 4.78 is 22.8. The van der Waals surface area contributed by atoms with Gasteiger partial charge in [0, 0.05) is 6.42 Å². The molecule has 0 aliphatic carbocycles. The third-order valence-electron chi connectivity index (χ3n) is 7.90. The van der Waals surface area contributed by atoms with E-state index in [0.29, 0.717) is 17.4 Å². The molecule has 0 radical (unpaired) electrons. The molecule has 0 aromatic carbocycles. The number of hydrogen-bond donors (Lipinski definition) is 2. The van der Waals surface area contributed by atoms with Gasteiger partial charge in [-0.05, 0) is 57.8 Å². The molecule has 0 fully saturated rings. The highest BCUT2D eigenvalue weighted by molar-refractivity contribution is 7.45. The van der Waals surface area contributed by atoms with Crippen LogP contribution in [0.3, 0.4) is 0 Å². The summed E-state index contributed by atoms with van der Waals surface area (Å²) >= 11 is 0. The fourth-order valence-corrected chi connectivity index (χ4v) is 5.55. The van der Waals surface area contributed by atoms with E-state index in [9.17, 15) is 19.4 Å². The number of aliphatic hydroxyl groups is 1. The topological polar surface area (TPSA) is 108 Å². The van der Waals surface area contributed by atoms with E-state index in [2.05, 4.69) is 73.0 Å². The lowest BCUT2D eigenvalue weighted by atomic mass is 10.1. The van der Waals surface area contributed by atoms with Gasteiger partial charge in [-0.15, -0.1) is 0 Å². The van der Waals surface area contributed by atoms with Crippen LogP contribution < -0.4 is 10.2 Å². The smallest absolute Gasteiger partial charge is 0.268 e. The number of carbonyl (C=O) groups excluding carboxylic acids is 1. The predicted octanol–water partition coefficient (Wildman–Crippen LogP) is 9.44. The normalized spacial score (nSPS) is 15.4. The van der Waals surface area contributed by atoms with Crippen molar-refractivity contribution in [2.24, 2.45) is 0 Å². The molecule has 50 heavy (non-hydrogen) atoms. The Morgan fingerprint density at radius 1 is 0.720 bits per heavy atom. The van der Waals surface area contributed by atoms with E-state index in [-0.39, 0.29) is 12.5 Å². The van der Waals surface area contributed by atoms with Crippen LogP contribution in [0.25, 0.3) is 0 Å². The number of amides is 1. The zero-order valence-electron chi connectivity index (χ0n) is 32.3. The second-order valence-electron chi connectivity index (χ2n) is 13.9. The quantitative estimate of drug-likeness (QED) is 0.0303. The van der Waals surface area contributed by atoms with Crippen LogP contribution in [0.1, 0.15) is 129 Å². The average molecular weight is 721 g/mol. The predicted molar refractivity (Wildman–Crippen MR) is 210 cm³/mol. The molecule has 0 aromatic heterocycles. The highest BCUT2D eigenvalue weighted by Gasteiger charge is 2.23. The molecule has 0 heterocycles. The van der Waals surface area contributed by atoms with Gasteiger partial charge < -0.3 is 28.8 Å². The third kappa shape index (κ3) is 34.4. The lowest BCUT2D eigenvalue weighted by Crippen LogP contribution is -2.45. The molecule has 0 bridgehead atoms. The molecule has 0 aliphatic rings. The van der Waals surface area contributed by atoms with Crippen molar-refractivity contribution in [3.63, 3.8) is 0 Å². The Hall–Kier alpha value is -2.06. The molecular weight excluding hydrogens is 647 g/mol. The molecular formula is C41H73N2O6P. The highest BCUT2D eigenvalue weighted by atomic mass is 31.2. The summed E-state index contributed by atoms with van der Waals surface area (Å²) in [4.78, 5) is 24.9. The van der Waals surface area contributed by atoms with E-state index >= 15 is 0 Å². The van der Waals surface area contributed by atoms with Crippen LogP contribution >= 0.6 is 7.82 Å². The van der Waals surface area contributed by atoms with Gasteiger partial charge in [0.2, 0.25) is 5.91 Å². The molecule has 0 aromatic rings. The van der Waals surface area contributed by atoms with Gasteiger partial charge >= 0.3 is 0 Å². The summed E-state index contributed by atoms with van der Waals surface area (Å²) in [5, 5.41) is 13.4. The number of likely N-dealkylation sites (N-methyl/N-ethyl adjacent to an activating group) is 1. The molecule has 0 saturated heterocycles. The molecule has 3 atom stereocenters. The van der Waals surface area contributed by atoms with E-state index in [4.69, 9.17) is 9.05 Å². The largest absolute Gasteiger partial charge is 0.756 e. The maximum absolute atomic E-state index is 12.6. The van der Waals surface area contributed by atoms with Crippen LogP contribution in [0.2, 0.25) is 0 Å². The molecule has 0 saturated carbocycles. The minimum Gasteiger partial charge on any atom is -0.756 e. The van der Waals surface area contributed by atoms with Crippen LogP contribution in [0.5, 0.6) is 0 Å². The summed E-state index contributed by atoms with van der Waals surface area (Å²) in [6.07, 6.45) is 43.2. The van der Waals surface area contributed by atoms with Crippen LogP contribution in [0.15, 0.2) is 72.9 Å². The van der Waals surface area contributed by atoms with Gasteiger partial charge in [0.15, 0.2) is 0 Å². The molecule has 8 nitrogen and oxygen atoms in total. The van der Waals surface area contributed by atoms with Gasteiger partial charge in [0.05, 0.1) is 39.9 Å². The fourth-order valence-electron chi connectivity index (χ4n) is 4.83. The van der Waals surface area contributed by atoms with Crippen molar-refractivity contribution in [2.45, 2.75) is 142 Å². The van der Waals surface area contributed by atoms with Gasteiger partial charge in [0.25, 0.3) is 7.82 Å². The second kappa shape index (κ2) is 32.8. The molecule has 3 unspecified atom stereocenters. The lowest BCUT2D eigenvalue weighted by Gasteiger charge is -2.29. The number of nitrogens with zero attached hydrogens (tertiary/aromatic N) is 1. The second-order valence-corrected chi connectivity index (χ2v) is 15.3. The van der Waals surface area contributed by atoms with Crippen molar-refractivity contribution < 1.29 is 32.9 Å². The Balaban J connectivity index is 4.03. The van der Waals surface area contributed by atoms with Crippen LogP contribution in [-0.4, -0.2) is 68.5 Å². The summed E-state index contributed by atoms with van der Waals surface area (Å²) in [6.45, 7) is 4.27. The van der Waals surface area contributed by atoms with Gasteiger partial charge in [0.1, 0.15) is 13.2 Å². The molecule has 288 valence electrons. The first kappa shape index (κ1) is 47.9. The first-order valence-corrected chi connectivity index (χ1v) is 20.8. The number of rotatable bonds is 33. The molecule has 0 rings (SSSR count). The minimum atomic E-state index is -4.56. The Bertz CT molecular complexity index is 1040. The number of phosphoric acid groups is 1. The van der Waals surface area contributed by atoms with E-state index in [0.717, 1.165) is 70.6 Å². The fraction of sp³-hybridized carbons (Fsp3) is 0.683. The summed E-state index contributed by atoms with van der Waals surface area (Å²) in [6, 6.07) is -0.888. The van der Waals surface area contributed by atoms with Crippen LogP contribution in [-0.2, 0) is 18.4 Å². The number of hydrogen-bond acceptors (Lipinski definition) is 6. The van der Waals surface area contributed by atoms with Crippen LogP contribution in [0, 0.1) is 0 Å². The first-order chi connectivity index (χ1) is 24.0. The number of quaternary nitrogens is 1. The van der Waals surface area contributed by atoms with E-state index in [1.165, 1.54) is 38.5 Å². The number of nitrogens with one attached hydrogen (secondary N) is 1. The molecule has 2 N–H and O–H groups in total. The van der Waals surface area contributed by atoms with Gasteiger partial charge in [-0.2, -0.15) is 0 Å². The van der Waals surface area contributed by atoms with Gasteiger partial charge in [-0.3, -0.25) is 9.36 Å². The Kier molecular flexibility index (Phi) is 31.5. The minimum absolute atomic E-state index is 0.00787. The summed E-state index contributed by atoms with van der Waals surface area (Å²) in [7, 11) is 1.23. The van der Waals surface area contributed by atoms with Gasteiger partial charge in [-0.25, -0.2) is 0 Å². The first-order valence-electron chi connectivity index (χ1n) is 19.3.